The highest BCUT2D eigenvalue weighted by Crippen LogP contribution is 2.26. The molecule has 2 aliphatic heterocycles. The number of H-pyrrole nitrogens is 3. The molecule has 3 aromatic heterocycles. The van der Waals surface area contributed by atoms with Gasteiger partial charge >= 0.3 is 5.97 Å². The summed E-state index contributed by atoms with van der Waals surface area (Å²) in [6.07, 6.45) is 5.61. The zero-order valence-electron chi connectivity index (χ0n) is 75.7. The standard InChI is InChI=1S/C89H125N23O19S/c1-10-12-30-69-82(125)101-60(29-21-33-94-89(91)92)78(121)107-68(77(120)97-44-72(90)114)47-132-48-74(116)100-64(36-52-23-15-14-16-24-52)85(128)109(7)51(5)76(119)103-66(40-75(117)118)87(130)112-34-22-32-70(112)83(126)102-62(39-55-43-93-49-98-55)80(123)104-63(35-50(3)4)84(127)108(6)45-73(115)99-61(37-53-41-95-58-27-19-17-25-56(53)58)79(122)106-67(46-113)81(124)105-65(38-54-42-96-59-28-20-18-26-57(54)59)86(129)111(9)71(31-13-11-2)88(131)110(69)8/h14-20,23-28,41-43,49-51,60-71,95-96,113H,10-13,21-22,29-40,44-48H2,1-9H3,(H2,90,114)(H,93,98)(H,97,120)(H,99,115)(H,100,116)(H,101,125)(H,102,126)(H,103,119)(H,104,123)(H,105,124)(H,106,122)(H,107,121)(H,117,118)(H4,91,92,94)/t51-,60-,61-,62-,63-,64-,65-,66-,67-,68-,69-,70-,71-/m0/s1. The molecule has 21 N–H and O–H groups in total. The van der Waals surface area contributed by atoms with Gasteiger partial charge in [0.15, 0.2) is 5.96 Å². The second-order valence-corrected chi connectivity index (χ2v) is 34.6. The fourth-order valence-corrected chi connectivity index (χ4v) is 16.6. The predicted molar refractivity (Wildman–Crippen MR) is 488 cm³/mol. The lowest BCUT2D eigenvalue weighted by Gasteiger charge is -2.36. The highest BCUT2D eigenvalue weighted by Gasteiger charge is 2.44. The molecule has 5 heterocycles. The van der Waals surface area contributed by atoms with Gasteiger partial charge in [-0.25, -0.2) is 4.98 Å². The molecule has 0 saturated carbocycles. The first-order chi connectivity index (χ1) is 62.9. The summed E-state index contributed by atoms with van der Waals surface area (Å²) in [6, 6.07) is 2.54. The Morgan fingerprint density at radius 1 is 0.553 bits per heavy atom. The first-order valence-corrected chi connectivity index (χ1v) is 45.3. The van der Waals surface area contributed by atoms with Crippen LogP contribution in [0.2, 0.25) is 0 Å². The number of aliphatic hydroxyl groups excluding tert-OH is 1. The molecule has 0 unspecified atom stereocenters. The van der Waals surface area contributed by atoms with Gasteiger partial charge in [-0.2, -0.15) is 0 Å². The molecule has 0 radical (unpaired) electrons. The molecule has 2 fully saturated rings. The molecule has 0 aliphatic carbocycles. The lowest BCUT2D eigenvalue weighted by molar-refractivity contribution is -0.149. The molecule has 2 saturated heterocycles. The number of nitrogens with one attached hydrogen (secondary N) is 15. The Morgan fingerprint density at radius 2 is 1.09 bits per heavy atom. The van der Waals surface area contributed by atoms with Crippen molar-refractivity contribution in [1.82, 2.24) is 103 Å². The van der Waals surface area contributed by atoms with E-state index >= 15 is 24.0 Å². The highest BCUT2D eigenvalue weighted by molar-refractivity contribution is 8.00. The van der Waals surface area contributed by atoms with E-state index in [0.29, 0.717) is 69.9 Å². The van der Waals surface area contributed by atoms with Crippen molar-refractivity contribution in [1.29, 1.82) is 5.41 Å². The van der Waals surface area contributed by atoms with Gasteiger partial charge in [-0.1, -0.05) is 120 Å². The van der Waals surface area contributed by atoms with E-state index in [0.717, 1.165) is 36.3 Å². The monoisotopic (exact) mass is 1850 g/mol. The number of carboxylic acids is 1. The summed E-state index contributed by atoms with van der Waals surface area (Å²) in [5.74, 6) is -17.9. The number of unbranched alkanes of at least 4 members (excludes halogenated alkanes) is 2. The molecule has 716 valence electrons. The van der Waals surface area contributed by atoms with Crippen LogP contribution in [0.15, 0.2) is 104 Å². The maximum Gasteiger partial charge on any atom is 0.305 e. The number of aromatic amines is 3. The fraction of sp³-hybridized carbons (Fsp3) is 0.517. The van der Waals surface area contributed by atoms with E-state index in [1.165, 1.54) is 47.6 Å². The lowest BCUT2D eigenvalue weighted by Crippen LogP contribution is -2.61. The van der Waals surface area contributed by atoms with Gasteiger partial charge < -0.3 is 120 Å². The van der Waals surface area contributed by atoms with Crippen molar-refractivity contribution in [2.45, 2.75) is 216 Å². The summed E-state index contributed by atoms with van der Waals surface area (Å²) >= 11 is 0.785. The minimum absolute atomic E-state index is 0.00268. The van der Waals surface area contributed by atoms with Crippen LogP contribution in [0.4, 0.5) is 0 Å². The van der Waals surface area contributed by atoms with Gasteiger partial charge in [0, 0.05) is 119 Å². The number of hydrogen-bond acceptors (Lipinski definition) is 21. The minimum atomic E-state index is -1.87. The number of nitrogens with zero attached hydrogens (tertiary/aromatic N) is 6. The maximum atomic E-state index is 15.7. The van der Waals surface area contributed by atoms with Crippen LogP contribution >= 0.6 is 11.8 Å². The molecule has 43 heteroatoms. The third kappa shape index (κ3) is 30.0. The molecule has 2 aliphatic rings. The Balaban J connectivity index is 1.18. The number of fused-ring (bicyclic) bond motifs is 3. The van der Waals surface area contributed by atoms with E-state index in [1.54, 1.807) is 105 Å². The van der Waals surface area contributed by atoms with Crippen molar-refractivity contribution < 1.29 is 91.7 Å². The van der Waals surface area contributed by atoms with E-state index in [4.69, 9.17) is 16.9 Å². The molecule has 8 rings (SSSR count). The number of carbonyl (C=O) groups is 17. The normalized spacial score (nSPS) is 23.5. The van der Waals surface area contributed by atoms with Gasteiger partial charge in [-0.15, -0.1) is 11.8 Å². The Morgan fingerprint density at radius 3 is 1.69 bits per heavy atom. The Labute approximate surface area is 768 Å². The Hall–Kier alpha value is -13.5. The van der Waals surface area contributed by atoms with E-state index < -0.39 is 223 Å². The van der Waals surface area contributed by atoms with Crippen LogP contribution in [0.5, 0.6) is 0 Å². The van der Waals surface area contributed by atoms with Crippen LogP contribution in [-0.2, 0) is 107 Å². The maximum absolute atomic E-state index is 15.7. The van der Waals surface area contributed by atoms with Gasteiger partial charge in [0.05, 0.1) is 38.2 Å². The summed E-state index contributed by atoms with van der Waals surface area (Å²) < 4.78 is 0. The van der Waals surface area contributed by atoms with Gasteiger partial charge in [0.1, 0.15) is 78.5 Å². The molecule has 16 amide bonds. The van der Waals surface area contributed by atoms with Crippen LogP contribution in [0.1, 0.15) is 134 Å². The molecule has 0 spiro atoms. The molecule has 3 aromatic carbocycles. The van der Waals surface area contributed by atoms with Crippen LogP contribution < -0.4 is 70.0 Å². The van der Waals surface area contributed by atoms with E-state index in [9.17, 15) is 67.7 Å². The van der Waals surface area contributed by atoms with Crippen LogP contribution in [-0.4, -0.2) is 312 Å². The number of hydrogen-bond donors (Lipinski definition) is 19. The number of aliphatic carboxylic acids is 1. The smallest absolute Gasteiger partial charge is 0.305 e. The Bertz CT molecular complexity index is 5050. The van der Waals surface area contributed by atoms with Gasteiger partial charge in [0.2, 0.25) is 94.5 Å². The van der Waals surface area contributed by atoms with Gasteiger partial charge in [-0.05, 0) is 86.6 Å². The number of thioether (sulfide) groups is 1. The molecule has 0 bridgehead atoms. The predicted octanol–water partition coefficient (Wildman–Crippen LogP) is -1.54. The summed E-state index contributed by atoms with van der Waals surface area (Å²) in [7, 11) is 5.21. The number of carbonyl (C=O) groups excluding carboxylic acids is 16. The lowest BCUT2D eigenvalue weighted by atomic mass is 10.00. The number of primary amides is 1. The number of amides is 16. The van der Waals surface area contributed by atoms with Gasteiger partial charge in [0.25, 0.3) is 0 Å². The first-order valence-electron chi connectivity index (χ1n) is 44.1. The fourth-order valence-electron chi connectivity index (χ4n) is 15.8. The summed E-state index contributed by atoms with van der Waals surface area (Å²) in [5, 5.41) is 59.5. The summed E-state index contributed by atoms with van der Waals surface area (Å²) in [5.41, 5.74) is 14.3. The molecular weight excluding hydrogens is 1730 g/mol. The molecule has 42 nitrogen and oxygen atoms in total. The van der Waals surface area contributed by atoms with Crippen molar-refractivity contribution in [3.8, 4) is 0 Å². The van der Waals surface area contributed by atoms with Crippen molar-refractivity contribution >= 4 is 140 Å². The number of aromatic nitrogens is 4. The molecular formula is C89H125N23O19S. The van der Waals surface area contributed by atoms with E-state index in [2.05, 4.69) is 78.4 Å². The van der Waals surface area contributed by atoms with Crippen molar-refractivity contribution in [3.05, 3.63) is 126 Å². The average molecular weight is 1850 g/mol. The topological polar surface area (TPSA) is 615 Å². The second-order valence-electron chi connectivity index (χ2n) is 33.6. The number of para-hydroxylation sites is 2. The number of aliphatic hydroxyl groups is 1. The van der Waals surface area contributed by atoms with Crippen molar-refractivity contribution in [2.24, 2.45) is 17.4 Å². The highest BCUT2D eigenvalue weighted by atomic mass is 32.2. The number of imidazole rings is 1. The summed E-state index contributed by atoms with van der Waals surface area (Å²) in [6.45, 7) is 5.81. The Kier molecular flexibility index (Phi) is 39.9. The van der Waals surface area contributed by atoms with Crippen molar-refractivity contribution in [3.63, 3.8) is 0 Å². The quantitative estimate of drug-likeness (QED) is 0.0166. The number of rotatable bonds is 26. The number of likely N-dealkylation sites (N-methyl/N-ethyl adjacent to an activating group) is 4. The number of nitrogens with two attached hydrogens (primary N) is 2. The van der Waals surface area contributed by atoms with Crippen LogP contribution in [0.3, 0.4) is 0 Å². The first kappa shape index (κ1) is 104. The number of benzene rings is 3. The summed E-state index contributed by atoms with van der Waals surface area (Å²) in [4.78, 5) is 267. The molecule has 13 atom stereocenters. The third-order valence-corrected chi connectivity index (χ3v) is 24.1. The van der Waals surface area contributed by atoms with E-state index in [-0.39, 0.29) is 89.6 Å². The zero-order valence-corrected chi connectivity index (χ0v) is 76.6. The SMILES string of the molecule is CCCC[C@H]1C(=O)N(C)[C@@H](CCCC)C(=O)N[C@@H](CCCNC(=N)N)C(=O)N[C@H](C(=O)NCC(N)=O)CSCC(=O)N[C@@H](Cc2ccccc2)C(=O)N(C)[C@@H](C)C(=O)N[C@@H](CC(=O)O)C(=O)N2CCC[C@H]2C(=O)N[C@@H](Cc2cnc[nH]2)C(=O)N[C@@H](CC(C)C)C(=O)N(C)CC(=O)N[C@@H](Cc2c[nH]c3ccccc23)C(=O)N[C@@H](CO)C(=O)N[C@@H](Cc2c[nH]c3ccccc23)C(=O)N1C. The van der Waals surface area contributed by atoms with E-state index in [1.807, 2.05) is 13.8 Å². The zero-order chi connectivity index (χ0) is 96.6. The molecule has 6 aromatic rings. The second kappa shape index (κ2) is 50.6. The van der Waals surface area contributed by atoms with Crippen LogP contribution in [0, 0.1) is 11.3 Å². The molecule has 132 heavy (non-hydrogen) atoms. The van der Waals surface area contributed by atoms with Gasteiger partial charge in [-0.3, -0.25) is 86.9 Å². The number of carboxylic acid groups (broad SMARTS) is 1. The average Bonchev–Trinajstić information content (AvgIpc) is 1.48. The third-order valence-electron chi connectivity index (χ3n) is 23.1. The number of guanidine groups is 1. The minimum Gasteiger partial charge on any atom is -0.481 e. The largest absolute Gasteiger partial charge is 0.481 e. The van der Waals surface area contributed by atoms with Crippen molar-refractivity contribution in [2.75, 3.05) is 72.5 Å². The van der Waals surface area contributed by atoms with Crippen LogP contribution in [0.25, 0.3) is 21.8 Å².